The molecule has 2 atom stereocenters. The number of ether oxygens (including phenoxy) is 1. The molecule has 0 radical (unpaired) electrons. The lowest BCUT2D eigenvalue weighted by molar-refractivity contribution is 0.0352. The van der Waals surface area contributed by atoms with E-state index in [9.17, 15) is 0 Å². The van der Waals surface area contributed by atoms with Gasteiger partial charge in [0, 0.05) is 35.7 Å². The summed E-state index contributed by atoms with van der Waals surface area (Å²) in [5.74, 6) is -0.228. The summed E-state index contributed by atoms with van der Waals surface area (Å²) in [5.41, 5.74) is 3.86. The topological polar surface area (TPSA) is 38.6 Å². The summed E-state index contributed by atoms with van der Waals surface area (Å²) in [7, 11) is 0. The second-order valence-electron chi connectivity index (χ2n) is 8.21. The average Bonchev–Trinajstić information content (AvgIpc) is 3.21. The summed E-state index contributed by atoms with van der Waals surface area (Å²) in [5, 5.41) is 3.50. The van der Waals surface area contributed by atoms with Gasteiger partial charge in [-0.05, 0) is 50.1 Å². The van der Waals surface area contributed by atoms with Crippen molar-refractivity contribution < 1.29 is 9.13 Å². The lowest BCUT2D eigenvalue weighted by atomic mass is 9.67. The normalized spacial score (nSPS) is 26.4. The Bertz CT molecular complexity index is 1030. The summed E-state index contributed by atoms with van der Waals surface area (Å²) in [6.45, 7) is 7.23. The van der Waals surface area contributed by atoms with E-state index < -0.39 is 0 Å². The number of rotatable bonds is 1. The zero-order chi connectivity index (χ0) is 18.1. The van der Waals surface area contributed by atoms with Gasteiger partial charge in [-0.25, -0.2) is 9.37 Å². The van der Waals surface area contributed by atoms with E-state index in [1.54, 1.807) is 12.3 Å². The van der Waals surface area contributed by atoms with Gasteiger partial charge in [-0.1, -0.05) is 13.0 Å². The summed E-state index contributed by atoms with van der Waals surface area (Å²) in [4.78, 5) is 4.32. The highest BCUT2D eigenvalue weighted by Gasteiger charge is 2.53. The SMILES string of the molecule is CC1(C)Nc2cc(F)c(-c3cccc4nccn34)cc2C2(C)CCOC12. The first-order valence-electron chi connectivity index (χ1n) is 9.06. The zero-order valence-corrected chi connectivity index (χ0v) is 15.2. The summed E-state index contributed by atoms with van der Waals surface area (Å²) >= 11 is 0. The van der Waals surface area contributed by atoms with Crippen molar-refractivity contribution >= 4 is 11.3 Å². The largest absolute Gasteiger partial charge is 0.377 e. The third kappa shape index (κ3) is 2.01. The first-order chi connectivity index (χ1) is 12.4. The standard InChI is InChI=1S/C21H22FN3O/c1-20(2)19-21(3,7-10-26-19)14-11-13(15(22)12-16(14)24-20)17-5-4-6-18-23-8-9-25(17)18/h4-6,8-9,11-12,19,24H,7,10H2,1-3H3. The molecule has 2 aliphatic heterocycles. The fourth-order valence-electron chi connectivity index (χ4n) is 4.91. The number of nitrogens with one attached hydrogen (secondary N) is 1. The Morgan fingerprint density at radius 3 is 2.96 bits per heavy atom. The van der Waals surface area contributed by atoms with Crippen LogP contribution in [0.5, 0.6) is 0 Å². The predicted octanol–water partition coefficient (Wildman–Crippen LogP) is 4.39. The van der Waals surface area contributed by atoms with Crippen molar-refractivity contribution in [1.82, 2.24) is 9.38 Å². The number of hydrogen-bond donors (Lipinski definition) is 1. The maximum atomic E-state index is 15.1. The molecular weight excluding hydrogens is 329 g/mol. The third-order valence-corrected chi connectivity index (χ3v) is 6.02. The first kappa shape index (κ1) is 15.8. The highest BCUT2D eigenvalue weighted by Crippen LogP contribution is 2.51. The Kier molecular flexibility index (Phi) is 3.09. The number of halogens is 1. The van der Waals surface area contributed by atoms with Gasteiger partial charge in [-0.3, -0.25) is 4.40 Å². The molecule has 2 aliphatic rings. The van der Waals surface area contributed by atoms with Crippen molar-refractivity contribution in [3.05, 3.63) is 54.1 Å². The van der Waals surface area contributed by atoms with Crippen LogP contribution >= 0.6 is 0 Å². The highest BCUT2D eigenvalue weighted by molar-refractivity contribution is 5.72. The van der Waals surface area contributed by atoms with Crippen molar-refractivity contribution in [2.24, 2.45) is 0 Å². The smallest absolute Gasteiger partial charge is 0.137 e. The lowest BCUT2D eigenvalue weighted by Gasteiger charge is -2.48. The Hall–Kier alpha value is -2.40. The van der Waals surface area contributed by atoms with Gasteiger partial charge >= 0.3 is 0 Å². The van der Waals surface area contributed by atoms with Crippen LogP contribution in [0.1, 0.15) is 32.8 Å². The van der Waals surface area contributed by atoms with Crippen LogP contribution in [-0.2, 0) is 10.2 Å². The summed E-state index contributed by atoms with van der Waals surface area (Å²) < 4.78 is 23.1. The molecule has 5 heteroatoms. The van der Waals surface area contributed by atoms with Gasteiger partial charge in [0.05, 0.1) is 17.3 Å². The molecule has 0 spiro atoms. The van der Waals surface area contributed by atoms with E-state index in [2.05, 4.69) is 31.1 Å². The average molecular weight is 351 g/mol. The second-order valence-corrected chi connectivity index (χ2v) is 8.21. The van der Waals surface area contributed by atoms with Crippen molar-refractivity contribution in [2.45, 2.75) is 44.2 Å². The number of aromatic nitrogens is 2. The molecule has 1 N–H and O–H groups in total. The van der Waals surface area contributed by atoms with Gasteiger partial charge < -0.3 is 10.1 Å². The van der Waals surface area contributed by atoms with E-state index in [4.69, 9.17) is 4.74 Å². The second kappa shape index (κ2) is 5.07. The van der Waals surface area contributed by atoms with Crippen molar-refractivity contribution in [3.8, 4) is 11.3 Å². The van der Waals surface area contributed by atoms with Crippen LogP contribution in [0.15, 0.2) is 42.7 Å². The molecular formula is C21H22FN3O. The zero-order valence-electron chi connectivity index (χ0n) is 15.2. The monoisotopic (exact) mass is 351 g/mol. The molecule has 2 unspecified atom stereocenters. The number of fused-ring (bicyclic) bond motifs is 4. The molecule has 1 fully saturated rings. The van der Waals surface area contributed by atoms with Crippen LogP contribution < -0.4 is 5.32 Å². The fraction of sp³-hybridized carbons (Fsp3) is 0.381. The maximum Gasteiger partial charge on any atom is 0.137 e. The molecule has 1 aromatic carbocycles. The van der Waals surface area contributed by atoms with Crippen LogP contribution in [0.4, 0.5) is 10.1 Å². The molecule has 134 valence electrons. The number of hydrogen-bond acceptors (Lipinski definition) is 3. The molecule has 2 aromatic heterocycles. The van der Waals surface area contributed by atoms with Crippen molar-refractivity contribution in [1.29, 1.82) is 0 Å². The molecule has 3 aromatic rings. The first-order valence-corrected chi connectivity index (χ1v) is 9.06. The van der Waals surface area contributed by atoms with Crippen LogP contribution in [-0.4, -0.2) is 27.6 Å². The molecule has 4 heterocycles. The fourth-order valence-corrected chi connectivity index (χ4v) is 4.91. The van der Waals surface area contributed by atoms with Gasteiger partial charge in [0.2, 0.25) is 0 Å². The minimum absolute atomic E-state index is 0.0600. The molecule has 0 bridgehead atoms. The predicted molar refractivity (Wildman–Crippen MR) is 100.0 cm³/mol. The van der Waals surface area contributed by atoms with Gasteiger partial charge in [-0.15, -0.1) is 0 Å². The van der Waals surface area contributed by atoms with Crippen LogP contribution in [0.25, 0.3) is 16.9 Å². The number of benzene rings is 1. The van der Waals surface area contributed by atoms with E-state index in [0.717, 1.165) is 35.6 Å². The number of nitrogens with zero attached hydrogens (tertiary/aromatic N) is 2. The van der Waals surface area contributed by atoms with Gasteiger partial charge in [0.25, 0.3) is 0 Å². The van der Waals surface area contributed by atoms with E-state index in [-0.39, 0.29) is 22.9 Å². The molecule has 0 amide bonds. The van der Waals surface area contributed by atoms with Crippen LogP contribution in [0.2, 0.25) is 0 Å². The van der Waals surface area contributed by atoms with Crippen molar-refractivity contribution in [3.63, 3.8) is 0 Å². The molecule has 26 heavy (non-hydrogen) atoms. The minimum Gasteiger partial charge on any atom is -0.377 e. The van der Waals surface area contributed by atoms with Crippen LogP contribution in [0, 0.1) is 5.82 Å². The number of imidazole rings is 1. The summed E-state index contributed by atoms with van der Waals surface area (Å²) in [6.07, 6.45) is 4.61. The van der Waals surface area contributed by atoms with Gasteiger partial charge in [-0.2, -0.15) is 0 Å². The molecule has 4 nitrogen and oxygen atoms in total. The summed E-state index contributed by atoms with van der Waals surface area (Å²) in [6, 6.07) is 9.42. The quantitative estimate of drug-likeness (QED) is 0.707. The Morgan fingerprint density at radius 1 is 1.27 bits per heavy atom. The molecule has 0 saturated carbocycles. The number of anilines is 1. The Balaban J connectivity index is 1.76. The van der Waals surface area contributed by atoms with Gasteiger partial charge in [0.1, 0.15) is 11.5 Å². The molecule has 5 rings (SSSR count). The van der Waals surface area contributed by atoms with E-state index >= 15 is 4.39 Å². The van der Waals surface area contributed by atoms with Gasteiger partial charge in [0.15, 0.2) is 0 Å². The Labute approximate surface area is 152 Å². The van der Waals surface area contributed by atoms with E-state index in [0.29, 0.717) is 5.56 Å². The van der Waals surface area contributed by atoms with Crippen molar-refractivity contribution in [2.75, 3.05) is 11.9 Å². The molecule has 1 saturated heterocycles. The maximum absolute atomic E-state index is 15.1. The van der Waals surface area contributed by atoms with Crippen LogP contribution in [0.3, 0.4) is 0 Å². The number of pyridine rings is 1. The third-order valence-electron chi connectivity index (χ3n) is 6.02. The minimum atomic E-state index is -0.240. The highest BCUT2D eigenvalue weighted by atomic mass is 19.1. The van der Waals surface area contributed by atoms with E-state index in [1.165, 1.54) is 0 Å². The molecule has 0 aliphatic carbocycles. The van der Waals surface area contributed by atoms with E-state index in [1.807, 2.05) is 34.9 Å². The Morgan fingerprint density at radius 2 is 2.12 bits per heavy atom. The lowest BCUT2D eigenvalue weighted by Crippen LogP contribution is -2.56.